The summed E-state index contributed by atoms with van der Waals surface area (Å²) in [7, 11) is 0. The number of rotatable bonds is 8. The smallest absolute Gasteiger partial charge is 0.166 e. The van der Waals surface area contributed by atoms with Crippen molar-refractivity contribution in [2.45, 2.75) is 64.6 Å². The van der Waals surface area contributed by atoms with Crippen LogP contribution in [0.3, 0.4) is 0 Å². The number of benzene rings is 2. The summed E-state index contributed by atoms with van der Waals surface area (Å²) in [4.78, 5) is 0. The molecule has 0 atom stereocenters. The lowest BCUT2D eigenvalue weighted by atomic mass is 10.1. The number of halogens is 1. The molecule has 1 aliphatic rings. The lowest BCUT2D eigenvalue weighted by molar-refractivity contribution is 0.265. The third kappa shape index (κ3) is 6.15. The topological polar surface area (TPSA) is 30.5 Å². The Hall–Kier alpha value is -1.71. The van der Waals surface area contributed by atoms with E-state index in [1.54, 1.807) is 0 Å². The highest BCUT2D eigenvalue weighted by atomic mass is 35.5. The molecule has 0 spiro atoms. The molecule has 2 aromatic rings. The zero-order valence-corrected chi connectivity index (χ0v) is 16.9. The van der Waals surface area contributed by atoms with E-state index in [0.717, 1.165) is 34.2 Å². The van der Waals surface area contributed by atoms with Gasteiger partial charge in [0.1, 0.15) is 6.61 Å². The quantitative estimate of drug-likeness (QED) is 0.552. The molecule has 1 saturated carbocycles. The van der Waals surface area contributed by atoms with Crippen molar-refractivity contribution >= 4 is 11.6 Å². The van der Waals surface area contributed by atoms with E-state index in [-0.39, 0.29) is 0 Å². The van der Waals surface area contributed by atoms with Crippen LogP contribution in [0.1, 0.15) is 56.6 Å². The van der Waals surface area contributed by atoms with Crippen LogP contribution in [-0.4, -0.2) is 12.6 Å². The summed E-state index contributed by atoms with van der Waals surface area (Å²) in [6.07, 6.45) is 7.94. The van der Waals surface area contributed by atoms with Crippen LogP contribution >= 0.6 is 11.6 Å². The van der Waals surface area contributed by atoms with Crippen LogP contribution in [-0.2, 0) is 13.2 Å². The van der Waals surface area contributed by atoms with Crippen molar-refractivity contribution in [3.8, 4) is 11.5 Å². The molecule has 0 unspecified atom stereocenters. The van der Waals surface area contributed by atoms with E-state index >= 15 is 0 Å². The van der Waals surface area contributed by atoms with E-state index in [0.29, 0.717) is 19.3 Å². The Morgan fingerprint density at radius 1 is 0.963 bits per heavy atom. The van der Waals surface area contributed by atoms with Crippen molar-refractivity contribution < 1.29 is 9.47 Å². The van der Waals surface area contributed by atoms with Crippen LogP contribution in [0.4, 0.5) is 0 Å². The van der Waals surface area contributed by atoms with Gasteiger partial charge in [-0.05, 0) is 43.5 Å². The summed E-state index contributed by atoms with van der Waals surface area (Å²) < 4.78 is 12.0. The van der Waals surface area contributed by atoms with Gasteiger partial charge >= 0.3 is 0 Å². The van der Waals surface area contributed by atoms with Crippen molar-refractivity contribution in [1.29, 1.82) is 0 Å². The molecule has 27 heavy (non-hydrogen) atoms. The molecule has 0 aromatic heterocycles. The van der Waals surface area contributed by atoms with Crippen LogP contribution in [0.15, 0.2) is 42.5 Å². The lowest BCUT2D eigenvalue weighted by Crippen LogP contribution is -2.28. The lowest BCUT2D eigenvalue weighted by Gasteiger charge is -2.20. The second-order valence-corrected chi connectivity index (χ2v) is 7.60. The molecule has 1 fully saturated rings. The van der Waals surface area contributed by atoms with Gasteiger partial charge in [0.2, 0.25) is 0 Å². The molecule has 0 amide bonds. The minimum absolute atomic E-state index is 0.498. The molecule has 0 bridgehead atoms. The third-order valence-corrected chi connectivity index (χ3v) is 5.35. The Balaban J connectivity index is 1.69. The Morgan fingerprint density at radius 3 is 2.41 bits per heavy atom. The van der Waals surface area contributed by atoms with Crippen molar-refractivity contribution in [2.24, 2.45) is 0 Å². The first-order chi connectivity index (χ1) is 13.3. The van der Waals surface area contributed by atoms with Crippen molar-refractivity contribution in [2.75, 3.05) is 6.61 Å². The number of ether oxygens (including phenoxy) is 2. The molecule has 146 valence electrons. The Kier molecular flexibility index (Phi) is 7.85. The van der Waals surface area contributed by atoms with Crippen LogP contribution in [0, 0.1) is 0 Å². The van der Waals surface area contributed by atoms with Crippen molar-refractivity contribution in [1.82, 2.24) is 5.32 Å². The van der Waals surface area contributed by atoms with E-state index < -0.39 is 0 Å². The van der Waals surface area contributed by atoms with Gasteiger partial charge in [-0.15, -0.1) is 0 Å². The maximum absolute atomic E-state index is 6.20. The van der Waals surface area contributed by atoms with Gasteiger partial charge in [-0.3, -0.25) is 0 Å². The number of nitrogens with one attached hydrogen (secondary N) is 1. The van der Waals surface area contributed by atoms with Crippen LogP contribution in [0.2, 0.25) is 5.02 Å². The predicted octanol–water partition coefficient (Wildman–Crippen LogP) is 6.13. The highest BCUT2D eigenvalue weighted by Gasteiger charge is 2.15. The van der Waals surface area contributed by atoms with E-state index in [1.807, 2.05) is 43.3 Å². The Morgan fingerprint density at radius 2 is 1.70 bits per heavy atom. The number of para-hydroxylation sites is 1. The first kappa shape index (κ1) is 20.0. The molecule has 0 radical (unpaired) electrons. The molecular formula is C23H30ClNO2. The van der Waals surface area contributed by atoms with Gasteiger partial charge in [0.05, 0.1) is 6.61 Å². The van der Waals surface area contributed by atoms with Crippen molar-refractivity contribution in [3.05, 3.63) is 58.6 Å². The average molecular weight is 388 g/mol. The predicted molar refractivity (Wildman–Crippen MR) is 112 cm³/mol. The largest absolute Gasteiger partial charge is 0.490 e. The fourth-order valence-corrected chi connectivity index (χ4v) is 3.73. The summed E-state index contributed by atoms with van der Waals surface area (Å²) >= 11 is 5.98. The molecule has 0 heterocycles. The number of hydrogen-bond donors (Lipinski definition) is 1. The van der Waals surface area contributed by atoms with E-state index in [1.165, 1.54) is 38.5 Å². The normalized spacial score (nSPS) is 15.3. The fraction of sp³-hybridized carbons (Fsp3) is 0.478. The summed E-state index contributed by atoms with van der Waals surface area (Å²) in [5.41, 5.74) is 2.24. The van der Waals surface area contributed by atoms with Gasteiger partial charge in [0.15, 0.2) is 11.5 Å². The molecule has 1 aliphatic carbocycles. The molecule has 0 saturated heterocycles. The fourth-order valence-electron chi connectivity index (χ4n) is 3.61. The highest BCUT2D eigenvalue weighted by Crippen LogP contribution is 2.32. The van der Waals surface area contributed by atoms with Gasteiger partial charge in [0, 0.05) is 23.2 Å². The molecule has 3 nitrogen and oxygen atoms in total. The first-order valence-corrected chi connectivity index (χ1v) is 10.5. The van der Waals surface area contributed by atoms with E-state index in [4.69, 9.17) is 21.1 Å². The van der Waals surface area contributed by atoms with Gasteiger partial charge < -0.3 is 14.8 Å². The summed E-state index contributed by atoms with van der Waals surface area (Å²) in [6.45, 7) is 3.93. The summed E-state index contributed by atoms with van der Waals surface area (Å²) in [5, 5.41) is 4.48. The number of hydrogen-bond acceptors (Lipinski definition) is 3. The average Bonchev–Trinajstić information content (AvgIpc) is 2.96. The van der Waals surface area contributed by atoms with Gasteiger partial charge in [-0.25, -0.2) is 0 Å². The maximum atomic E-state index is 6.20. The minimum atomic E-state index is 0.498. The molecular weight excluding hydrogens is 358 g/mol. The molecule has 4 heteroatoms. The monoisotopic (exact) mass is 387 g/mol. The van der Waals surface area contributed by atoms with Crippen LogP contribution in [0.25, 0.3) is 0 Å². The molecule has 3 rings (SSSR count). The standard InChI is InChI=1S/C23H30ClNO2/c1-2-26-22-11-7-8-19(16-25-21-9-5-3-4-6-10-21)23(22)27-17-18-12-14-20(24)15-13-18/h7-8,11-15,21,25H,2-6,9-10,16-17H2,1H3. The Labute approximate surface area is 168 Å². The molecule has 0 aliphatic heterocycles. The zero-order valence-electron chi connectivity index (χ0n) is 16.2. The summed E-state index contributed by atoms with van der Waals surface area (Å²) in [5.74, 6) is 1.65. The summed E-state index contributed by atoms with van der Waals surface area (Å²) in [6, 6.07) is 14.5. The highest BCUT2D eigenvalue weighted by molar-refractivity contribution is 6.30. The van der Waals surface area contributed by atoms with Gasteiger partial charge in [0.25, 0.3) is 0 Å². The SMILES string of the molecule is CCOc1cccc(CNC2CCCCCC2)c1OCc1ccc(Cl)cc1. The van der Waals surface area contributed by atoms with Crippen LogP contribution < -0.4 is 14.8 Å². The second kappa shape index (κ2) is 10.6. The molecule has 2 aromatic carbocycles. The van der Waals surface area contributed by atoms with Crippen molar-refractivity contribution in [3.63, 3.8) is 0 Å². The third-order valence-electron chi connectivity index (χ3n) is 5.09. The van der Waals surface area contributed by atoms with E-state index in [2.05, 4.69) is 11.4 Å². The van der Waals surface area contributed by atoms with Gasteiger partial charge in [-0.2, -0.15) is 0 Å². The zero-order chi connectivity index (χ0) is 18.9. The first-order valence-electron chi connectivity index (χ1n) is 10.1. The van der Waals surface area contributed by atoms with Gasteiger partial charge in [-0.1, -0.05) is 61.5 Å². The second-order valence-electron chi connectivity index (χ2n) is 7.16. The van der Waals surface area contributed by atoms with E-state index in [9.17, 15) is 0 Å². The minimum Gasteiger partial charge on any atom is -0.490 e. The molecule has 1 N–H and O–H groups in total. The Bertz CT molecular complexity index is 694. The maximum Gasteiger partial charge on any atom is 0.166 e. The van der Waals surface area contributed by atoms with Crippen LogP contribution in [0.5, 0.6) is 11.5 Å².